The van der Waals surface area contributed by atoms with Gasteiger partial charge in [-0.25, -0.2) is 9.98 Å². The first kappa shape index (κ1) is 19.5. The number of hydrogen-bond donors (Lipinski definition) is 2. The average Bonchev–Trinajstić information content (AvgIpc) is 3.01. The van der Waals surface area contributed by atoms with Gasteiger partial charge in [-0.15, -0.1) is 0 Å². The summed E-state index contributed by atoms with van der Waals surface area (Å²) in [6.45, 7) is 2.65. The molecule has 142 valence electrons. The Labute approximate surface area is 149 Å². The maximum Gasteiger partial charge on any atom is 0.416 e. The number of nitrogens with zero attached hydrogens (tertiary/aromatic N) is 4. The Morgan fingerprint density at radius 2 is 2.08 bits per heavy atom. The van der Waals surface area contributed by atoms with Crippen molar-refractivity contribution in [3.63, 3.8) is 0 Å². The maximum absolute atomic E-state index is 13.3. The summed E-state index contributed by atoms with van der Waals surface area (Å²) in [4.78, 5) is 8.31. The third-order valence-electron chi connectivity index (χ3n) is 3.59. The van der Waals surface area contributed by atoms with Gasteiger partial charge < -0.3 is 15.4 Å². The number of nitrogens with one attached hydrogen (secondary N) is 2. The second kappa shape index (κ2) is 8.54. The third kappa shape index (κ3) is 5.11. The normalized spacial score (nSPS) is 12.2. The van der Waals surface area contributed by atoms with E-state index < -0.39 is 11.7 Å². The summed E-state index contributed by atoms with van der Waals surface area (Å²) < 4.78 is 46.3. The molecule has 1 aromatic carbocycles. The molecule has 1 aromatic heterocycles. The smallest absolute Gasteiger partial charge is 0.416 e. The predicted octanol–water partition coefficient (Wildman–Crippen LogP) is 2.10. The van der Waals surface area contributed by atoms with Crippen LogP contribution in [-0.2, 0) is 26.3 Å². The molecule has 2 N–H and O–H groups in total. The minimum absolute atomic E-state index is 0.0640. The van der Waals surface area contributed by atoms with Crippen molar-refractivity contribution in [2.75, 3.05) is 13.7 Å². The molecular weight excluding hydrogens is 349 g/mol. The van der Waals surface area contributed by atoms with E-state index >= 15 is 0 Å². The maximum atomic E-state index is 13.3. The number of aryl methyl sites for hydroxylation is 1. The Balaban J connectivity index is 2.17. The van der Waals surface area contributed by atoms with Crippen LogP contribution in [0, 0.1) is 0 Å². The highest BCUT2D eigenvalue weighted by molar-refractivity contribution is 5.79. The lowest BCUT2D eigenvalue weighted by Gasteiger charge is -2.14. The number of halogens is 3. The molecule has 2 rings (SSSR count). The third-order valence-corrected chi connectivity index (χ3v) is 3.59. The van der Waals surface area contributed by atoms with Crippen molar-refractivity contribution in [3.05, 3.63) is 41.5 Å². The highest BCUT2D eigenvalue weighted by atomic mass is 19.4. The average molecular weight is 370 g/mol. The molecule has 1 heterocycles. The van der Waals surface area contributed by atoms with Crippen molar-refractivity contribution in [2.45, 2.75) is 26.2 Å². The summed E-state index contributed by atoms with van der Waals surface area (Å²) in [7, 11) is 3.08. The summed E-state index contributed by atoms with van der Waals surface area (Å²) in [6, 6.07) is 3.84. The van der Waals surface area contributed by atoms with Crippen LogP contribution in [0.5, 0.6) is 5.75 Å². The summed E-state index contributed by atoms with van der Waals surface area (Å²) in [5.74, 6) is 1.22. The fourth-order valence-electron chi connectivity index (χ4n) is 2.23. The molecule has 0 aliphatic carbocycles. The van der Waals surface area contributed by atoms with Crippen LogP contribution in [0.2, 0.25) is 0 Å². The fraction of sp³-hybridized carbons (Fsp3) is 0.438. The number of methoxy groups -OCH3 is 1. The van der Waals surface area contributed by atoms with Gasteiger partial charge in [0.25, 0.3) is 0 Å². The number of aliphatic imine (C=N–C) groups is 1. The van der Waals surface area contributed by atoms with Gasteiger partial charge in [-0.1, -0.05) is 6.07 Å². The van der Waals surface area contributed by atoms with Gasteiger partial charge in [0.05, 0.1) is 25.8 Å². The van der Waals surface area contributed by atoms with Gasteiger partial charge in [0, 0.05) is 13.6 Å². The number of guanidine groups is 1. The van der Waals surface area contributed by atoms with Crippen LogP contribution in [0.15, 0.2) is 29.5 Å². The van der Waals surface area contributed by atoms with Crippen molar-refractivity contribution in [2.24, 2.45) is 12.0 Å². The van der Waals surface area contributed by atoms with Crippen molar-refractivity contribution in [1.82, 2.24) is 25.4 Å². The first-order valence-corrected chi connectivity index (χ1v) is 7.94. The van der Waals surface area contributed by atoms with Gasteiger partial charge in [-0.3, -0.25) is 4.68 Å². The van der Waals surface area contributed by atoms with Gasteiger partial charge in [-0.2, -0.15) is 18.3 Å². The second-order valence-corrected chi connectivity index (χ2v) is 5.37. The number of alkyl halides is 3. The zero-order valence-corrected chi connectivity index (χ0v) is 14.8. The standard InChI is InChI=1S/C16H21F3N6O/c1-4-20-15(22-9-14-23-10-24-25(14)2)21-8-11-5-6-12(26-3)7-13(11)16(17,18)19/h5-7,10H,4,8-9H2,1-3H3,(H2,20,21,22). The monoisotopic (exact) mass is 370 g/mol. The molecule has 0 saturated heterocycles. The van der Waals surface area contributed by atoms with Crippen LogP contribution in [-0.4, -0.2) is 34.4 Å². The van der Waals surface area contributed by atoms with E-state index in [1.54, 1.807) is 11.7 Å². The molecule has 0 saturated carbocycles. The zero-order valence-electron chi connectivity index (χ0n) is 14.8. The Bertz CT molecular complexity index is 757. The Hall–Kier alpha value is -2.78. The zero-order chi connectivity index (χ0) is 19.2. The summed E-state index contributed by atoms with van der Waals surface area (Å²) in [5.41, 5.74) is -0.695. The first-order chi connectivity index (χ1) is 12.3. The lowest BCUT2D eigenvalue weighted by atomic mass is 10.1. The van der Waals surface area contributed by atoms with E-state index in [2.05, 4.69) is 25.7 Å². The number of ether oxygens (including phenoxy) is 1. The highest BCUT2D eigenvalue weighted by Crippen LogP contribution is 2.34. The van der Waals surface area contributed by atoms with Crippen LogP contribution in [0.25, 0.3) is 0 Å². The van der Waals surface area contributed by atoms with E-state index in [-0.39, 0.29) is 17.9 Å². The summed E-state index contributed by atoms with van der Waals surface area (Å²) in [6.07, 6.45) is -3.06. The van der Waals surface area contributed by atoms with Crippen molar-refractivity contribution in [3.8, 4) is 5.75 Å². The van der Waals surface area contributed by atoms with E-state index in [9.17, 15) is 13.2 Å². The van der Waals surface area contributed by atoms with Crippen molar-refractivity contribution < 1.29 is 17.9 Å². The molecule has 2 aromatic rings. The molecule has 0 atom stereocenters. The van der Waals surface area contributed by atoms with E-state index in [1.807, 2.05) is 6.92 Å². The van der Waals surface area contributed by atoms with Crippen LogP contribution in [0.1, 0.15) is 23.9 Å². The molecule has 0 unspecified atom stereocenters. The van der Waals surface area contributed by atoms with Gasteiger partial charge in [-0.05, 0) is 24.6 Å². The molecule has 26 heavy (non-hydrogen) atoms. The fourth-order valence-corrected chi connectivity index (χ4v) is 2.23. The predicted molar refractivity (Wildman–Crippen MR) is 90.7 cm³/mol. The lowest BCUT2D eigenvalue weighted by molar-refractivity contribution is -0.138. The molecule has 0 fully saturated rings. The van der Waals surface area contributed by atoms with E-state index in [0.717, 1.165) is 6.07 Å². The number of aromatic nitrogens is 3. The summed E-state index contributed by atoms with van der Waals surface area (Å²) in [5, 5.41) is 9.97. The van der Waals surface area contributed by atoms with Gasteiger partial charge in [0.2, 0.25) is 0 Å². The molecule has 0 amide bonds. The van der Waals surface area contributed by atoms with Crippen molar-refractivity contribution >= 4 is 5.96 Å². The lowest BCUT2D eigenvalue weighted by Crippen LogP contribution is -2.37. The molecule has 0 aliphatic rings. The van der Waals surface area contributed by atoms with Crippen LogP contribution >= 0.6 is 0 Å². The molecular formula is C16H21F3N6O. The topological polar surface area (TPSA) is 76.4 Å². The van der Waals surface area contributed by atoms with Crippen LogP contribution in [0.4, 0.5) is 13.2 Å². The van der Waals surface area contributed by atoms with Crippen LogP contribution < -0.4 is 15.4 Å². The summed E-state index contributed by atoms with van der Waals surface area (Å²) >= 11 is 0. The highest BCUT2D eigenvalue weighted by Gasteiger charge is 2.33. The van der Waals surface area contributed by atoms with E-state index in [1.165, 1.54) is 25.6 Å². The minimum Gasteiger partial charge on any atom is -0.497 e. The SMILES string of the molecule is CCNC(=NCc1ccc(OC)cc1C(F)(F)F)NCc1ncnn1C. The number of hydrogen-bond acceptors (Lipinski definition) is 4. The molecule has 10 heteroatoms. The molecule has 0 spiro atoms. The Morgan fingerprint density at radius 3 is 2.65 bits per heavy atom. The quantitative estimate of drug-likeness (QED) is 0.602. The molecule has 0 radical (unpaired) electrons. The molecule has 0 bridgehead atoms. The molecule has 0 aliphatic heterocycles. The number of benzene rings is 1. The Kier molecular flexibility index (Phi) is 6.42. The van der Waals surface area contributed by atoms with Gasteiger partial charge in [0.1, 0.15) is 17.9 Å². The minimum atomic E-state index is -4.48. The van der Waals surface area contributed by atoms with Crippen molar-refractivity contribution in [1.29, 1.82) is 0 Å². The van der Waals surface area contributed by atoms with E-state index in [4.69, 9.17) is 4.74 Å². The van der Waals surface area contributed by atoms with E-state index in [0.29, 0.717) is 24.9 Å². The Morgan fingerprint density at radius 1 is 1.31 bits per heavy atom. The number of rotatable bonds is 6. The molecule has 7 nitrogen and oxygen atoms in total. The largest absolute Gasteiger partial charge is 0.497 e. The van der Waals surface area contributed by atoms with Crippen LogP contribution in [0.3, 0.4) is 0 Å². The second-order valence-electron chi connectivity index (χ2n) is 5.37. The van der Waals surface area contributed by atoms with Gasteiger partial charge in [0.15, 0.2) is 5.96 Å². The first-order valence-electron chi connectivity index (χ1n) is 7.94. The van der Waals surface area contributed by atoms with Gasteiger partial charge >= 0.3 is 6.18 Å².